The highest BCUT2D eigenvalue weighted by Crippen LogP contribution is 2.20. The summed E-state index contributed by atoms with van der Waals surface area (Å²) in [7, 11) is 0. The maximum Gasteiger partial charge on any atom is 0.195 e. The molecular weight excluding hydrogens is 250 g/mol. The molecule has 0 aliphatic carbocycles. The molecule has 104 valence electrons. The number of rotatable bonds is 5. The van der Waals surface area contributed by atoms with Crippen molar-refractivity contribution in [3.8, 4) is 5.75 Å². The summed E-state index contributed by atoms with van der Waals surface area (Å²) in [5.41, 5.74) is 8.57. The van der Waals surface area contributed by atoms with E-state index in [1.54, 1.807) is 18.2 Å². The van der Waals surface area contributed by atoms with Crippen molar-refractivity contribution in [2.75, 3.05) is 12.3 Å². The molecule has 0 heterocycles. The smallest absolute Gasteiger partial charge is 0.195 e. The maximum absolute atomic E-state index is 12.4. The maximum atomic E-state index is 12.4. The number of carbonyl (C=O) groups excluding carboxylic acids is 1. The van der Waals surface area contributed by atoms with Gasteiger partial charge in [-0.05, 0) is 49.7 Å². The molecule has 0 unspecified atom stereocenters. The predicted octanol–water partition coefficient (Wildman–Crippen LogP) is 3.60. The fraction of sp³-hybridized carbons (Fsp3) is 0.235. The third-order valence-corrected chi connectivity index (χ3v) is 3.04. The van der Waals surface area contributed by atoms with Gasteiger partial charge in [0.25, 0.3) is 0 Å². The zero-order chi connectivity index (χ0) is 14.5. The van der Waals surface area contributed by atoms with Crippen LogP contribution in [-0.2, 0) is 0 Å². The lowest BCUT2D eigenvalue weighted by molar-refractivity contribution is 0.103. The molecule has 0 saturated carbocycles. The zero-order valence-corrected chi connectivity index (χ0v) is 11.8. The highest BCUT2D eigenvalue weighted by atomic mass is 16.5. The molecule has 2 aromatic carbocycles. The third kappa shape index (κ3) is 3.18. The van der Waals surface area contributed by atoms with Gasteiger partial charge in [-0.2, -0.15) is 0 Å². The van der Waals surface area contributed by atoms with Gasteiger partial charge >= 0.3 is 0 Å². The van der Waals surface area contributed by atoms with Gasteiger partial charge in [-0.15, -0.1) is 0 Å². The van der Waals surface area contributed by atoms with Crippen LogP contribution in [0.4, 0.5) is 5.69 Å². The summed E-state index contributed by atoms with van der Waals surface area (Å²) in [5.74, 6) is 0.717. The number of nitrogen functional groups attached to an aromatic ring is 1. The molecule has 2 rings (SSSR count). The van der Waals surface area contributed by atoms with Gasteiger partial charge in [-0.3, -0.25) is 4.79 Å². The Morgan fingerprint density at radius 3 is 2.50 bits per heavy atom. The lowest BCUT2D eigenvalue weighted by Crippen LogP contribution is -2.06. The third-order valence-electron chi connectivity index (χ3n) is 3.04. The topological polar surface area (TPSA) is 52.3 Å². The molecule has 20 heavy (non-hydrogen) atoms. The fourth-order valence-corrected chi connectivity index (χ4v) is 1.94. The van der Waals surface area contributed by atoms with E-state index in [1.807, 2.05) is 31.2 Å². The van der Waals surface area contributed by atoms with E-state index < -0.39 is 0 Å². The van der Waals surface area contributed by atoms with Gasteiger partial charge in [-0.1, -0.05) is 18.6 Å². The average Bonchev–Trinajstić information content (AvgIpc) is 2.47. The van der Waals surface area contributed by atoms with E-state index in [0.717, 1.165) is 17.7 Å². The summed E-state index contributed by atoms with van der Waals surface area (Å²) in [6.45, 7) is 4.68. The van der Waals surface area contributed by atoms with Gasteiger partial charge in [0.1, 0.15) is 5.75 Å². The predicted molar refractivity (Wildman–Crippen MR) is 81.3 cm³/mol. The second-order valence-electron chi connectivity index (χ2n) is 4.79. The van der Waals surface area contributed by atoms with E-state index in [1.165, 1.54) is 0 Å². The van der Waals surface area contributed by atoms with Crippen LogP contribution >= 0.6 is 0 Å². The summed E-state index contributed by atoms with van der Waals surface area (Å²) in [4.78, 5) is 12.4. The first-order valence-electron chi connectivity index (χ1n) is 6.75. The second-order valence-corrected chi connectivity index (χ2v) is 4.79. The van der Waals surface area contributed by atoms with Gasteiger partial charge in [0.05, 0.1) is 6.61 Å². The van der Waals surface area contributed by atoms with E-state index in [9.17, 15) is 4.79 Å². The molecule has 0 bridgehead atoms. The molecule has 0 radical (unpaired) electrons. The molecule has 0 aliphatic heterocycles. The minimum absolute atomic E-state index is 0.0618. The van der Waals surface area contributed by atoms with E-state index in [0.29, 0.717) is 23.4 Å². The molecular formula is C17H19NO2. The minimum atomic E-state index is -0.0618. The van der Waals surface area contributed by atoms with Gasteiger partial charge in [0, 0.05) is 16.8 Å². The first kappa shape index (κ1) is 14.1. The Hall–Kier alpha value is -2.29. The largest absolute Gasteiger partial charge is 0.494 e. The van der Waals surface area contributed by atoms with E-state index in [-0.39, 0.29) is 5.78 Å². The Morgan fingerprint density at radius 1 is 1.15 bits per heavy atom. The van der Waals surface area contributed by atoms with Gasteiger partial charge < -0.3 is 10.5 Å². The number of hydrogen-bond acceptors (Lipinski definition) is 3. The van der Waals surface area contributed by atoms with Gasteiger partial charge in [0.2, 0.25) is 0 Å². The van der Waals surface area contributed by atoms with Crippen LogP contribution in [0.2, 0.25) is 0 Å². The summed E-state index contributed by atoms with van der Waals surface area (Å²) < 4.78 is 5.50. The number of ether oxygens (including phenoxy) is 1. The first-order valence-corrected chi connectivity index (χ1v) is 6.75. The standard InChI is InChI=1S/C17H19NO2/c1-3-10-20-14-7-5-13(6-8-14)17(19)15-11-12(2)4-9-16(15)18/h4-9,11H,3,10,18H2,1-2H3. The summed E-state index contributed by atoms with van der Waals surface area (Å²) in [6, 6.07) is 12.7. The number of anilines is 1. The number of ketones is 1. The van der Waals surface area contributed by atoms with Crippen molar-refractivity contribution < 1.29 is 9.53 Å². The normalized spacial score (nSPS) is 10.3. The molecule has 2 aromatic rings. The fourth-order valence-electron chi connectivity index (χ4n) is 1.94. The Morgan fingerprint density at radius 2 is 1.85 bits per heavy atom. The minimum Gasteiger partial charge on any atom is -0.494 e. The molecule has 2 N–H and O–H groups in total. The molecule has 0 saturated heterocycles. The van der Waals surface area contributed by atoms with Crippen molar-refractivity contribution in [1.82, 2.24) is 0 Å². The first-order chi connectivity index (χ1) is 9.61. The van der Waals surface area contributed by atoms with Crippen LogP contribution in [0.15, 0.2) is 42.5 Å². The van der Waals surface area contributed by atoms with Gasteiger partial charge in [0.15, 0.2) is 5.78 Å². The molecule has 0 aromatic heterocycles. The lowest BCUT2D eigenvalue weighted by atomic mass is 10.00. The Labute approximate surface area is 119 Å². The van der Waals surface area contributed by atoms with E-state index >= 15 is 0 Å². The summed E-state index contributed by atoms with van der Waals surface area (Å²) >= 11 is 0. The van der Waals surface area contributed by atoms with Crippen molar-refractivity contribution in [2.24, 2.45) is 0 Å². The van der Waals surface area contributed by atoms with Crippen LogP contribution < -0.4 is 10.5 Å². The van der Waals surface area contributed by atoms with E-state index in [4.69, 9.17) is 10.5 Å². The van der Waals surface area contributed by atoms with Crippen molar-refractivity contribution in [3.63, 3.8) is 0 Å². The Kier molecular flexibility index (Phi) is 4.41. The number of aryl methyl sites for hydroxylation is 1. The number of benzene rings is 2. The van der Waals surface area contributed by atoms with Crippen molar-refractivity contribution in [2.45, 2.75) is 20.3 Å². The molecule has 0 aliphatic rings. The number of carbonyl (C=O) groups is 1. The number of nitrogens with two attached hydrogens (primary N) is 1. The highest BCUT2D eigenvalue weighted by molar-refractivity contribution is 6.12. The molecule has 0 fully saturated rings. The van der Waals surface area contributed by atoms with Crippen LogP contribution in [0.5, 0.6) is 5.75 Å². The quantitative estimate of drug-likeness (QED) is 0.666. The SMILES string of the molecule is CCCOc1ccc(C(=O)c2cc(C)ccc2N)cc1. The van der Waals surface area contributed by atoms with Crippen LogP contribution in [-0.4, -0.2) is 12.4 Å². The highest BCUT2D eigenvalue weighted by Gasteiger charge is 2.12. The second kappa shape index (κ2) is 6.24. The van der Waals surface area contributed by atoms with Crippen LogP contribution in [0.25, 0.3) is 0 Å². The lowest BCUT2D eigenvalue weighted by Gasteiger charge is -2.08. The summed E-state index contributed by atoms with van der Waals surface area (Å²) in [5, 5.41) is 0. The van der Waals surface area contributed by atoms with Gasteiger partial charge in [-0.25, -0.2) is 0 Å². The van der Waals surface area contributed by atoms with Crippen molar-refractivity contribution in [3.05, 3.63) is 59.2 Å². The van der Waals surface area contributed by atoms with Crippen LogP contribution in [0.3, 0.4) is 0 Å². The molecule has 0 spiro atoms. The molecule has 3 nitrogen and oxygen atoms in total. The Balaban J connectivity index is 2.22. The average molecular weight is 269 g/mol. The summed E-state index contributed by atoms with van der Waals surface area (Å²) in [6.07, 6.45) is 0.959. The molecule has 0 amide bonds. The van der Waals surface area contributed by atoms with Crippen LogP contribution in [0, 0.1) is 6.92 Å². The zero-order valence-electron chi connectivity index (χ0n) is 11.8. The molecule has 3 heteroatoms. The number of hydrogen-bond donors (Lipinski definition) is 1. The van der Waals surface area contributed by atoms with Crippen molar-refractivity contribution in [1.29, 1.82) is 0 Å². The van der Waals surface area contributed by atoms with Crippen LogP contribution in [0.1, 0.15) is 34.8 Å². The van der Waals surface area contributed by atoms with Crippen molar-refractivity contribution >= 4 is 11.5 Å². The van der Waals surface area contributed by atoms with E-state index in [2.05, 4.69) is 6.92 Å². The monoisotopic (exact) mass is 269 g/mol. The molecule has 0 atom stereocenters. The Bertz CT molecular complexity index is 603.